The van der Waals surface area contributed by atoms with E-state index in [1.165, 1.54) is 24.5 Å². The molecule has 0 bridgehead atoms. The molecule has 1 aromatic heterocycles. The van der Waals surface area contributed by atoms with Crippen LogP contribution in [0.3, 0.4) is 0 Å². The molecule has 0 aliphatic heterocycles. The van der Waals surface area contributed by atoms with Gasteiger partial charge in [0.05, 0.1) is 23.9 Å². The molecule has 5 nitrogen and oxygen atoms in total. The maximum Gasteiger partial charge on any atom is 0.418 e. The topological polar surface area (TPSA) is 71.3 Å². The first-order chi connectivity index (χ1) is 15.3. The lowest BCUT2D eigenvalue weighted by Gasteiger charge is -2.16. The summed E-state index contributed by atoms with van der Waals surface area (Å²) in [6, 6.07) is 19.1. The highest BCUT2D eigenvalue weighted by atomic mass is 19.4. The lowest BCUT2D eigenvalue weighted by Crippen LogP contribution is -2.19. The molecule has 32 heavy (non-hydrogen) atoms. The van der Waals surface area contributed by atoms with Crippen molar-refractivity contribution in [2.45, 2.75) is 12.6 Å². The number of nitrogens with one attached hydrogen (secondary N) is 2. The molecular formula is C24H17F3N2O3. The van der Waals surface area contributed by atoms with E-state index in [1.54, 1.807) is 6.07 Å². The van der Waals surface area contributed by atoms with Crippen molar-refractivity contribution in [3.63, 3.8) is 0 Å². The minimum absolute atomic E-state index is 0.0358. The first-order valence-electron chi connectivity index (χ1n) is 9.63. The van der Waals surface area contributed by atoms with Crippen LogP contribution in [0.2, 0.25) is 0 Å². The summed E-state index contributed by atoms with van der Waals surface area (Å²) in [4.78, 5) is 24.5. The molecule has 0 spiro atoms. The molecule has 0 saturated carbocycles. The molecule has 8 heteroatoms. The number of hydrogen-bond donors (Lipinski definition) is 2. The van der Waals surface area contributed by atoms with Crippen LogP contribution in [0.25, 0.3) is 10.8 Å². The Morgan fingerprint density at radius 1 is 0.844 bits per heavy atom. The van der Waals surface area contributed by atoms with E-state index >= 15 is 0 Å². The van der Waals surface area contributed by atoms with E-state index in [4.69, 9.17) is 4.42 Å². The fraction of sp³-hybridized carbons (Fsp3) is 0.0833. The zero-order chi connectivity index (χ0) is 22.7. The monoisotopic (exact) mass is 438 g/mol. The van der Waals surface area contributed by atoms with E-state index in [0.29, 0.717) is 5.56 Å². The zero-order valence-electron chi connectivity index (χ0n) is 16.6. The van der Waals surface area contributed by atoms with Crippen LogP contribution >= 0.6 is 0 Å². The summed E-state index contributed by atoms with van der Waals surface area (Å²) in [5, 5.41) is 6.62. The standard InChI is InChI=1S/C24H17F3N2O3/c25-24(26,27)19-14-18(28-23(31)21-6-3-11-32-21)9-10-20(19)29-22(30)13-15-7-8-16-4-1-2-5-17(16)12-15/h1-12,14H,13H2,(H,28,31)(H,29,30). The van der Waals surface area contributed by atoms with Crippen LogP contribution in [-0.4, -0.2) is 11.8 Å². The van der Waals surface area contributed by atoms with Gasteiger partial charge in [0.1, 0.15) is 0 Å². The second kappa shape index (κ2) is 8.58. The highest BCUT2D eigenvalue weighted by Gasteiger charge is 2.34. The molecule has 0 aliphatic carbocycles. The number of carbonyl (C=O) groups is 2. The molecule has 2 N–H and O–H groups in total. The number of hydrogen-bond acceptors (Lipinski definition) is 3. The van der Waals surface area contributed by atoms with Crippen molar-refractivity contribution in [2.75, 3.05) is 10.6 Å². The van der Waals surface area contributed by atoms with Gasteiger partial charge in [0, 0.05) is 5.69 Å². The van der Waals surface area contributed by atoms with Crippen molar-refractivity contribution in [3.8, 4) is 0 Å². The summed E-state index contributed by atoms with van der Waals surface area (Å²) >= 11 is 0. The number of rotatable bonds is 5. The largest absolute Gasteiger partial charge is 0.459 e. The van der Waals surface area contributed by atoms with Crippen LogP contribution in [0.1, 0.15) is 21.7 Å². The van der Waals surface area contributed by atoms with Gasteiger partial charge in [0.2, 0.25) is 5.91 Å². The summed E-state index contributed by atoms with van der Waals surface area (Å²) in [5.74, 6) is -1.30. The average Bonchev–Trinajstić information content (AvgIpc) is 3.29. The Kier molecular flexibility index (Phi) is 5.68. The number of anilines is 2. The second-order valence-corrected chi connectivity index (χ2v) is 7.10. The van der Waals surface area contributed by atoms with Gasteiger partial charge in [-0.3, -0.25) is 9.59 Å². The molecule has 0 radical (unpaired) electrons. The van der Waals surface area contributed by atoms with Gasteiger partial charge in [0.25, 0.3) is 5.91 Å². The van der Waals surface area contributed by atoms with E-state index in [2.05, 4.69) is 10.6 Å². The summed E-state index contributed by atoms with van der Waals surface area (Å²) in [6.45, 7) is 0. The van der Waals surface area contributed by atoms with Gasteiger partial charge in [-0.25, -0.2) is 0 Å². The molecule has 4 aromatic rings. The number of benzene rings is 3. The molecule has 2 amide bonds. The van der Waals surface area contributed by atoms with Gasteiger partial charge in [-0.1, -0.05) is 42.5 Å². The maximum atomic E-state index is 13.6. The van der Waals surface area contributed by atoms with Crippen LogP contribution < -0.4 is 10.6 Å². The predicted octanol–water partition coefficient (Wildman–Crippen LogP) is 5.89. The Balaban J connectivity index is 1.52. The van der Waals surface area contributed by atoms with Crippen molar-refractivity contribution < 1.29 is 27.2 Å². The van der Waals surface area contributed by atoms with Crippen molar-refractivity contribution in [2.24, 2.45) is 0 Å². The highest BCUT2D eigenvalue weighted by molar-refractivity contribution is 6.02. The Labute approximate surface area is 180 Å². The normalized spacial score (nSPS) is 11.3. The summed E-state index contributed by atoms with van der Waals surface area (Å²) in [6.07, 6.45) is -3.54. The molecule has 3 aromatic carbocycles. The summed E-state index contributed by atoms with van der Waals surface area (Å²) < 4.78 is 45.8. The molecule has 162 valence electrons. The highest BCUT2D eigenvalue weighted by Crippen LogP contribution is 2.36. The van der Waals surface area contributed by atoms with Gasteiger partial charge in [-0.05, 0) is 46.7 Å². The first-order valence-corrected chi connectivity index (χ1v) is 9.63. The van der Waals surface area contributed by atoms with Gasteiger partial charge < -0.3 is 15.1 Å². The molecule has 4 rings (SSSR count). The van der Waals surface area contributed by atoms with E-state index in [0.717, 1.165) is 22.9 Å². The Morgan fingerprint density at radius 3 is 2.34 bits per heavy atom. The van der Waals surface area contributed by atoms with Gasteiger partial charge in [-0.15, -0.1) is 0 Å². The van der Waals surface area contributed by atoms with Gasteiger partial charge in [-0.2, -0.15) is 13.2 Å². The second-order valence-electron chi connectivity index (χ2n) is 7.10. The quantitative estimate of drug-likeness (QED) is 0.408. The van der Waals surface area contributed by atoms with Crippen molar-refractivity contribution in [3.05, 3.63) is 95.9 Å². The Morgan fingerprint density at radius 2 is 1.62 bits per heavy atom. The van der Waals surface area contributed by atoms with Crippen LogP contribution in [-0.2, 0) is 17.4 Å². The smallest absolute Gasteiger partial charge is 0.418 e. The van der Waals surface area contributed by atoms with Crippen LogP contribution in [0.4, 0.5) is 24.5 Å². The lowest BCUT2D eigenvalue weighted by molar-refractivity contribution is -0.136. The van der Waals surface area contributed by atoms with E-state index in [-0.39, 0.29) is 23.6 Å². The number of furan rings is 1. The third kappa shape index (κ3) is 4.80. The zero-order valence-corrected chi connectivity index (χ0v) is 16.6. The van der Waals surface area contributed by atoms with E-state index in [9.17, 15) is 22.8 Å². The van der Waals surface area contributed by atoms with Crippen molar-refractivity contribution in [1.29, 1.82) is 0 Å². The summed E-state index contributed by atoms with van der Waals surface area (Å²) in [7, 11) is 0. The fourth-order valence-corrected chi connectivity index (χ4v) is 3.29. The molecular weight excluding hydrogens is 421 g/mol. The fourth-order valence-electron chi connectivity index (χ4n) is 3.29. The molecule has 0 atom stereocenters. The van der Waals surface area contributed by atoms with E-state index < -0.39 is 23.6 Å². The maximum absolute atomic E-state index is 13.6. The number of fused-ring (bicyclic) bond motifs is 1. The molecule has 0 aliphatic rings. The van der Waals surface area contributed by atoms with Crippen LogP contribution in [0.5, 0.6) is 0 Å². The lowest BCUT2D eigenvalue weighted by atomic mass is 10.0. The molecule has 0 unspecified atom stereocenters. The predicted molar refractivity (Wildman–Crippen MR) is 114 cm³/mol. The third-order valence-electron chi connectivity index (χ3n) is 4.78. The Bertz CT molecular complexity index is 1280. The minimum atomic E-state index is -4.74. The first kappa shape index (κ1) is 21.2. The average molecular weight is 438 g/mol. The number of alkyl halides is 3. The van der Waals surface area contributed by atoms with Gasteiger partial charge in [0.15, 0.2) is 5.76 Å². The molecule has 0 saturated heterocycles. The SMILES string of the molecule is O=C(Cc1ccc2ccccc2c1)Nc1ccc(NC(=O)c2ccco2)cc1C(F)(F)F. The van der Waals surface area contributed by atoms with Gasteiger partial charge >= 0.3 is 6.18 Å². The third-order valence-corrected chi connectivity index (χ3v) is 4.78. The van der Waals surface area contributed by atoms with Crippen LogP contribution in [0.15, 0.2) is 83.5 Å². The van der Waals surface area contributed by atoms with Crippen molar-refractivity contribution in [1.82, 2.24) is 0 Å². The minimum Gasteiger partial charge on any atom is -0.459 e. The summed E-state index contributed by atoms with van der Waals surface area (Å²) in [5.41, 5.74) is -0.857. The Hall–Kier alpha value is -4.07. The number of amides is 2. The molecule has 0 fully saturated rings. The van der Waals surface area contributed by atoms with Crippen LogP contribution in [0, 0.1) is 0 Å². The molecule has 1 heterocycles. The number of halogens is 3. The number of carbonyl (C=O) groups excluding carboxylic acids is 2. The van der Waals surface area contributed by atoms with E-state index in [1.807, 2.05) is 36.4 Å². The van der Waals surface area contributed by atoms with Crippen molar-refractivity contribution >= 4 is 34.0 Å².